The Morgan fingerprint density at radius 2 is 1.53 bits per heavy atom. The highest BCUT2D eigenvalue weighted by Gasteiger charge is 1.98. The van der Waals surface area contributed by atoms with Gasteiger partial charge in [0.2, 0.25) is 0 Å². The van der Waals surface area contributed by atoms with Crippen molar-refractivity contribution >= 4 is 23.5 Å². The van der Waals surface area contributed by atoms with E-state index in [4.69, 9.17) is 5.73 Å². The molecule has 0 saturated carbocycles. The van der Waals surface area contributed by atoms with Gasteiger partial charge < -0.3 is 11.1 Å². The first kappa shape index (κ1) is 11.5. The van der Waals surface area contributed by atoms with Gasteiger partial charge in [-0.3, -0.25) is 0 Å². The number of carbonyl (C=O) groups excluding carboxylic acids is 1. The maximum Gasteiger partial charge on any atom is 0.316 e. The first-order chi connectivity index (χ1) is 8.24. The Labute approximate surface area is 104 Å². The normalized spacial score (nSPS) is 9.88. The van der Waals surface area contributed by atoms with Crippen LogP contribution in [-0.2, 0) is 0 Å². The summed E-state index contributed by atoms with van der Waals surface area (Å²) in [6, 6.07) is 17.1. The molecule has 0 aromatic heterocycles. The molecular weight excluding hydrogens is 232 g/mol. The van der Waals surface area contributed by atoms with Crippen LogP contribution >= 0.6 is 11.8 Å². The predicted molar refractivity (Wildman–Crippen MR) is 70.2 cm³/mol. The summed E-state index contributed by atoms with van der Waals surface area (Å²) in [5.74, 6) is 0. The third-order valence-corrected chi connectivity index (χ3v) is 3.12. The number of primary amides is 1. The van der Waals surface area contributed by atoms with Crippen LogP contribution in [0.15, 0.2) is 64.4 Å². The fraction of sp³-hybridized carbons (Fsp3) is 0. The zero-order chi connectivity index (χ0) is 12.1. The summed E-state index contributed by atoms with van der Waals surface area (Å²) in [7, 11) is 0. The van der Waals surface area contributed by atoms with Gasteiger partial charge in [-0.1, -0.05) is 30.0 Å². The van der Waals surface area contributed by atoms with Gasteiger partial charge in [0.15, 0.2) is 0 Å². The van der Waals surface area contributed by atoms with E-state index in [1.165, 1.54) is 4.90 Å². The van der Waals surface area contributed by atoms with Crippen molar-refractivity contribution in [1.29, 1.82) is 0 Å². The zero-order valence-corrected chi connectivity index (χ0v) is 9.91. The van der Waals surface area contributed by atoms with E-state index in [0.717, 1.165) is 4.90 Å². The van der Waals surface area contributed by atoms with Gasteiger partial charge in [-0.15, -0.1) is 0 Å². The molecule has 86 valence electrons. The molecule has 4 heteroatoms. The molecule has 3 nitrogen and oxygen atoms in total. The first-order valence-corrected chi connectivity index (χ1v) is 5.95. The maximum atomic E-state index is 10.7. The minimum atomic E-state index is -0.548. The highest BCUT2D eigenvalue weighted by Crippen LogP contribution is 2.27. The molecule has 2 aromatic carbocycles. The number of hydrogen-bond acceptors (Lipinski definition) is 2. The molecular formula is C13H12N2OS. The molecule has 0 aliphatic rings. The lowest BCUT2D eigenvalue weighted by atomic mass is 10.3. The van der Waals surface area contributed by atoms with Crippen LogP contribution in [0.5, 0.6) is 0 Å². The number of amides is 2. The highest BCUT2D eigenvalue weighted by molar-refractivity contribution is 7.99. The number of benzene rings is 2. The minimum absolute atomic E-state index is 0.548. The zero-order valence-electron chi connectivity index (χ0n) is 9.09. The molecule has 0 spiro atoms. The Kier molecular flexibility index (Phi) is 3.67. The van der Waals surface area contributed by atoms with Gasteiger partial charge in [-0.2, -0.15) is 0 Å². The molecule has 0 saturated heterocycles. The molecule has 0 radical (unpaired) electrons. The summed E-state index contributed by atoms with van der Waals surface area (Å²) >= 11 is 1.67. The van der Waals surface area contributed by atoms with Gasteiger partial charge in [0.05, 0.1) is 0 Å². The van der Waals surface area contributed by atoms with Crippen LogP contribution in [0, 0.1) is 0 Å². The fourth-order valence-electron chi connectivity index (χ4n) is 1.37. The Bertz CT molecular complexity index is 497. The number of urea groups is 1. The van der Waals surface area contributed by atoms with Crippen molar-refractivity contribution < 1.29 is 4.79 Å². The van der Waals surface area contributed by atoms with Gasteiger partial charge >= 0.3 is 6.03 Å². The highest BCUT2D eigenvalue weighted by atomic mass is 32.2. The summed E-state index contributed by atoms with van der Waals surface area (Å²) < 4.78 is 0. The van der Waals surface area contributed by atoms with Crippen LogP contribution in [0.2, 0.25) is 0 Å². The molecule has 0 unspecified atom stereocenters. The Morgan fingerprint density at radius 1 is 0.941 bits per heavy atom. The predicted octanol–water partition coefficient (Wildman–Crippen LogP) is 3.33. The molecule has 2 amide bonds. The smallest absolute Gasteiger partial charge is 0.316 e. The fourth-order valence-corrected chi connectivity index (χ4v) is 2.21. The van der Waals surface area contributed by atoms with Crippen molar-refractivity contribution in [1.82, 2.24) is 0 Å². The second-order valence-corrected chi connectivity index (χ2v) is 4.58. The molecule has 3 N–H and O–H groups in total. The van der Waals surface area contributed by atoms with Gasteiger partial charge in [-0.05, 0) is 36.4 Å². The van der Waals surface area contributed by atoms with Crippen molar-refractivity contribution in [3.63, 3.8) is 0 Å². The molecule has 0 bridgehead atoms. The van der Waals surface area contributed by atoms with Crippen LogP contribution in [0.4, 0.5) is 10.5 Å². The molecule has 17 heavy (non-hydrogen) atoms. The third-order valence-electron chi connectivity index (χ3n) is 2.10. The van der Waals surface area contributed by atoms with Crippen LogP contribution in [0.3, 0.4) is 0 Å². The maximum absolute atomic E-state index is 10.7. The SMILES string of the molecule is NC(=O)Nc1ccc(Sc2ccccc2)cc1. The van der Waals surface area contributed by atoms with E-state index in [0.29, 0.717) is 5.69 Å². The molecule has 0 heterocycles. The lowest BCUT2D eigenvalue weighted by Crippen LogP contribution is -2.19. The first-order valence-electron chi connectivity index (χ1n) is 5.13. The molecule has 0 aliphatic heterocycles. The van der Waals surface area contributed by atoms with Crippen molar-refractivity contribution in [2.24, 2.45) is 5.73 Å². The Morgan fingerprint density at radius 3 is 2.12 bits per heavy atom. The summed E-state index contributed by atoms with van der Waals surface area (Å²) in [6.45, 7) is 0. The second kappa shape index (κ2) is 5.41. The molecule has 2 rings (SSSR count). The van der Waals surface area contributed by atoms with Crippen molar-refractivity contribution in [3.05, 3.63) is 54.6 Å². The van der Waals surface area contributed by atoms with Gasteiger partial charge in [0, 0.05) is 15.5 Å². The lowest BCUT2D eigenvalue weighted by molar-refractivity contribution is 0.259. The van der Waals surface area contributed by atoms with Crippen LogP contribution in [0.25, 0.3) is 0 Å². The van der Waals surface area contributed by atoms with E-state index in [1.807, 2.05) is 42.5 Å². The summed E-state index contributed by atoms with van der Waals surface area (Å²) in [6.07, 6.45) is 0. The van der Waals surface area contributed by atoms with E-state index >= 15 is 0 Å². The van der Waals surface area contributed by atoms with E-state index in [-0.39, 0.29) is 0 Å². The third kappa shape index (κ3) is 3.53. The number of carbonyl (C=O) groups is 1. The van der Waals surface area contributed by atoms with Crippen LogP contribution < -0.4 is 11.1 Å². The van der Waals surface area contributed by atoms with E-state index < -0.39 is 6.03 Å². The average Bonchev–Trinajstić information content (AvgIpc) is 2.32. The molecule has 0 atom stereocenters. The lowest BCUT2D eigenvalue weighted by Gasteiger charge is -2.04. The van der Waals surface area contributed by atoms with Crippen molar-refractivity contribution in [2.45, 2.75) is 9.79 Å². The number of nitrogens with one attached hydrogen (secondary N) is 1. The van der Waals surface area contributed by atoms with E-state index in [9.17, 15) is 4.79 Å². The summed E-state index contributed by atoms with van der Waals surface area (Å²) in [4.78, 5) is 13.0. The largest absolute Gasteiger partial charge is 0.351 e. The van der Waals surface area contributed by atoms with E-state index in [1.54, 1.807) is 11.8 Å². The number of hydrogen-bond donors (Lipinski definition) is 2. The van der Waals surface area contributed by atoms with E-state index in [2.05, 4.69) is 17.4 Å². The Hall–Kier alpha value is -1.94. The van der Waals surface area contributed by atoms with Crippen molar-refractivity contribution in [3.8, 4) is 0 Å². The minimum Gasteiger partial charge on any atom is -0.351 e. The van der Waals surface area contributed by atoms with Crippen molar-refractivity contribution in [2.75, 3.05) is 5.32 Å². The van der Waals surface area contributed by atoms with Gasteiger partial charge in [0.25, 0.3) is 0 Å². The average molecular weight is 244 g/mol. The molecule has 0 aliphatic carbocycles. The number of anilines is 1. The monoisotopic (exact) mass is 244 g/mol. The topological polar surface area (TPSA) is 55.1 Å². The standard InChI is InChI=1S/C13H12N2OS/c14-13(16)15-10-6-8-12(9-7-10)17-11-4-2-1-3-5-11/h1-9H,(H3,14,15,16). The number of nitrogens with two attached hydrogens (primary N) is 1. The molecule has 0 fully saturated rings. The van der Waals surface area contributed by atoms with Crippen LogP contribution in [-0.4, -0.2) is 6.03 Å². The Balaban J connectivity index is 2.06. The number of rotatable bonds is 3. The quantitative estimate of drug-likeness (QED) is 0.870. The van der Waals surface area contributed by atoms with Gasteiger partial charge in [-0.25, -0.2) is 4.79 Å². The van der Waals surface area contributed by atoms with Crippen LogP contribution in [0.1, 0.15) is 0 Å². The van der Waals surface area contributed by atoms with Gasteiger partial charge in [0.1, 0.15) is 0 Å². The molecule has 2 aromatic rings. The summed E-state index contributed by atoms with van der Waals surface area (Å²) in [5, 5.41) is 2.53. The summed E-state index contributed by atoms with van der Waals surface area (Å²) in [5.41, 5.74) is 5.73. The second-order valence-electron chi connectivity index (χ2n) is 3.43.